The van der Waals surface area contributed by atoms with Crippen LogP contribution in [0.5, 0.6) is 0 Å². The molecule has 0 amide bonds. The van der Waals surface area contributed by atoms with Crippen molar-refractivity contribution in [2.45, 2.75) is 13.3 Å². The van der Waals surface area contributed by atoms with E-state index in [1.807, 2.05) is 43.3 Å². The van der Waals surface area contributed by atoms with Gasteiger partial charge >= 0.3 is 0 Å². The maximum Gasteiger partial charge on any atom is 0.249 e. The average molecular weight is 374 g/mol. The quantitative estimate of drug-likeness (QED) is 0.644. The van der Waals surface area contributed by atoms with E-state index in [9.17, 15) is 0 Å². The van der Waals surface area contributed by atoms with Crippen molar-refractivity contribution in [3.05, 3.63) is 69.8 Å². The van der Waals surface area contributed by atoms with E-state index in [1.54, 1.807) is 12.3 Å². The van der Waals surface area contributed by atoms with Gasteiger partial charge in [-0.3, -0.25) is 0 Å². The summed E-state index contributed by atoms with van der Waals surface area (Å²) in [7, 11) is 0. The number of anilines is 3. The fourth-order valence-electron chi connectivity index (χ4n) is 2.26. The molecule has 0 aliphatic carbocycles. The number of hydrogen-bond donors (Lipinski definition) is 2. The molecule has 25 heavy (non-hydrogen) atoms. The van der Waals surface area contributed by atoms with Gasteiger partial charge in [-0.15, -0.1) is 5.10 Å². The molecule has 0 saturated carbocycles. The Kier molecular flexibility index (Phi) is 5.68. The van der Waals surface area contributed by atoms with Crippen LogP contribution in [0.1, 0.15) is 11.1 Å². The van der Waals surface area contributed by atoms with Crippen LogP contribution in [0.15, 0.2) is 48.7 Å². The summed E-state index contributed by atoms with van der Waals surface area (Å²) in [5, 5.41) is 15.6. The maximum absolute atomic E-state index is 6.18. The van der Waals surface area contributed by atoms with E-state index in [1.165, 1.54) is 5.56 Å². The van der Waals surface area contributed by atoms with Crippen molar-refractivity contribution < 1.29 is 0 Å². The van der Waals surface area contributed by atoms with Crippen molar-refractivity contribution in [1.82, 2.24) is 15.2 Å². The molecule has 0 radical (unpaired) electrons. The molecule has 7 heteroatoms. The van der Waals surface area contributed by atoms with E-state index in [-0.39, 0.29) is 0 Å². The lowest BCUT2D eigenvalue weighted by Gasteiger charge is -2.09. The van der Waals surface area contributed by atoms with Crippen molar-refractivity contribution in [2.75, 3.05) is 17.2 Å². The first kappa shape index (κ1) is 17.5. The minimum absolute atomic E-state index is 0.443. The normalized spacial score (nSPS) is 10.5. The first-order chi connectivity index (χ1) is 12.1. The van der Waals surface area contributed by atoms with Crippen LogP contribution >= 0.6 is 23.2 Å². The molecule has 0 unspecified atom stereocenters. The van der Waals surface area contributed by atoms with Gasteiger partial charge in [-0.2, -0.15) is 10.1 Å². The molecule has 2 N–H and O–H groups in total. The Morgan fingerprint density at radius 2 is 1.84 bits per heavy atom. The minimum Gasteiger partial charge on any atom is -0.368 e. The Balaban J connectivity index is 1.59. The summed E-state index contributed by atoms with van der Waals surface area (Å²) in [4.78, 5) is 4.41. The third-order valence-electron chi connectivity index (χ3n) is 3.58. The molecule has 1 aromatic heterocycles. The monoisotopic (exact) mass is 373 g/mol. The van der Waals surface area contributed by atoms with Crippen molar-refractivity contribution in [3.63, 3.8) is 0 Å². The second kappa shape index (κ2) is 8.14. The first-order valence-electron chi connectivity index (χ1n) is 7.81. The van der Waals surface area contributed by atoms with Crippen LogP contribution in [-0.4, -0.2) is 21.7 Å². The van der Waals surface area contributed by atoms with Gasteiger partial charge in [-0.25, -0.2) is 0 Å². The van der Waals surface area contributed by atoms with Crippen LogP contribution in [0.3, 0.4) is 0 Å². The van der Waals surface area contributed by atoms with E-state index >= 15 is 0 Å². The number of halogens is 2. The van der Waals surface area contributed by atoms with Crippen LogP contribution in [0.4, 0.5) is 17.5 Å². The Morgan fingerprint density at radius 3 is 2.60 bits per heavy atom. The zero-order valence-corrected chi connectivity index (χ0v) is 15.1. The van der Waals surface area contributed by atoms with Gasteiger partial charge in [0.05, 0.1) is 6.20 Å². The van der Waals surface area contributed by atoms with Gasteiger partial charge in [-0.05, 0) is 43.2 Å². The number of nitrogens with zero attached hydrogens (tertiary/aromatic N) is 3. The Bertz CT molecular complexity index is 852. The number of nitrogens with one attached hydrogen (secondary N) is 2. The molecule has 3 aromatic rings. The van der Waals surface area contributed by atoms with Gasteiger partial charge < -0.3 is 10.6 Å². The second-order valence-corrected chi connectivity index (χ2v) is 6.41. The summed E-state index contributed by atoms with van der Waals surface area (Å²) in [5.41, 5.74) is 3.14. The molecule has 0 bridgehead atoms. The standard InChI is InChI=1S/C18H17Cl2N5/c1-12-2-6-15(7-3-12)23-18-24-17(11-22-25-18)21-9-8-13-4-5-14(19)10-16(13)20/h2-7,10-11H,8-9H2,1H3,(H2,21,23,24,25). The first-order valence-corrected chi connectivity index (χ1v) is 8.57. The van der Waals surface area contributed by atoms with Gasteiger partial charge in [0.2, 0.25) is 5.95 Å². The van der Waals surface area contributed by atoms with Crippen LogP contribution in [0.25, 0.3) is 0 Å². The molecule has 0 saturated heterocycles. The van der Waals surface area contributed by atoms with Crippen molar-refractivity contribution in [3.8, 4) is 0 Å². The Morgan fingerprint density at radius 1 is 1.04 bits per heavy atom. The van der Waals surface area contributed by atoms with Crippen molar-refractivity contribution in [2.24, 2.45) is 0 Å². The zero-order valence-electron chi connectivity index (χ0n) is 13.6. The number of hydrogen-bond acceptors (Lipinski definition) is 5. The average Bonchev–Trinajstić information content (AvgIpc) is 2.59. The predicted molar refractivity (Wildman–Crippen MR) is 103 cm³/mol. The number of rotatable bonds is 6. The van der Waals surface area contributed by atoms with E-state index in [2.05, 4.69) is 25.8 Å². The largest absolute Gasteiger partial charge is 0.368 e. The zero-order chi connectivity index (χ0) is 17.6. The Hall–Kier alpha value is -2.37. The van der Waals surface area contributed by atoms with E-state index in [0.717, 1.165) is 17.7 Å². The fourth-order valence-corrected chi connectivity index (χ4v) is 2.76. The number of benzene rings is 2. The summed E-state index contributed by atoms with van der Waals surface area (Å²) in [6.45, 7) is 2.71. The summed E-state index contributed by atoms with van der Waals surface area (Å²) >= 11 is 12.1. The highest BCUT2D eigenvalue weighted by molar-refractivity contribution is 6.35. The summed E-state index contributed by atoms with van der Waals surface area (Å²) in [6, 6.07) is 13.5. The Labute approximate surface area is 156 Å². The van der Waals surface area contributed by atoms with Crippen molar-refractivity contribution >= 4 is 40.7 Å². The summed E-state index contributed by atoms with van der Waals surface area (Å²) < 4.78 is 0. The SMILES string of the molecule is Cc1ccc(Nc2nncc(NCCc3ccc(Cl)cc3Cl)n2)cc1. The van der Waals surface area contributed by atoms with Gasteiger partial charge in [0.15, 0.2) is 5.82 Å². The van der Waals surface area contributed by atoms with Crippen LogP contribution in [0.2, 0.25) is 10.0 Å². The lowest BCUT2D eigenvalue weighted by atomic mass is 10.1. The predicted octanol–water partition coefficient (Wildman–Crippen LogP) is 4.89. The van der Waals surface area contributed by atoms with Gasteiger partial charge in [-0.1, -0.05) is 47.0 Å². The molecule has 2 aromatic carbocycles. The third-order valence-corrected chi connectivity index (χ3v) is 4.17. The molecule has 1 heterocycles. The molecule has 128 valence electrons. The van der Waals surface area contributed by atoms with Crippen molar-refractivity contribution in [1.29, 1.82) is 0 Å². The topological polar surface area (TPSA) is 62.7 Å². The molecular formula is C18H17Cl2N5. The van der Waals surface area contributed by atoms with E-state index in [0.29, 0.717) is 28.4 Å². The van der Waals surface area contributed by atoms with Gasteiger partial charge in [0.1, 0.15) is 0 Å². The smallest absolute Gasteiger partial charge is 0.249 e. The summed E-state index contributed by atoms with van der Waals surface area (Å²) in [6.07, 6.45) is 2.34. The number of aromatic nitrogens is 3. The minimum atomic E-state index is 0.443. The van der Waals surface area contributed by atoms with Crippen LogP contribution in [-0.2, 0) is 6.42 Å². The molecule has 0 fully saturated rings. The molecular weight excluding hydrogens is 357 g/mol. The summed E-state index contributed by atoms with van der Waals surface area (Å²) in [5.74, 6) is 1.09. The molecule has 3 rings (SSSR count). The molecule has 0 aliphatic heterocycles. The third kappa shape index (κ3) is 5.05. The second-order valence-electron chi connectivity index (χ2n) is 5.57. The highest BCUT2D eigenvalue weighted by Gasteiger charge is 2.04. The van der Waals surface area contributed by atoms with Gasteiger partial charge in [0, 0.05) is 22.3 Å². The van der Waals surface area contributed by atoms with Crippen LogP contribution in [0, 0.1) is 6.92 Å². The number of aryl methyl sites for hydroxylation is 1. The highest BCUT2D eigenvalue weighted by atomic mass is 35.5. The van der Waals surface area contributed by atoms with E-state index in [4.69, 9.17) is 23.2 Å². The molecule has 0 aliphatic rings. The van der Waals surface area contributed by atoms with E-state index < -0.39 is 0 Å². The lowest BCUT2D eigenvalue weighted by molar-refractivity contribution is 0.950. The molecule has 0 atom stereocenters. The van der Waals surface area contributed by atoms with Gasteiger partial charge in [0.25, 0.3) is 0 Å². The maximum atomic E-state index is 6.18. The lowest BCUT2D eigenvalue weighted by Crippen LogP contribution is -2.09. The molecule has 0 spiro atoms. The highest BCUT2D eigenvalue weighted by Crippen LogP contribution is 2.21. The molecule has 5 nitrogen and oxygen atoms in total. The van der Waals surface area contributed by atoms with Crippen LogP contribution < -0.4 is 10.6 Å². The fraction of sp³-hybridized carbons (Fsp3) is 0.167.